The maximum absolute atomic E-state index is 3.64. The first-order valence-corrected chi connectivity index (χ1v) is 8.92. The van der Waals surface area contributed by atoms with Crippen molar-refractivity contribution < 1.29 is 0 Å². The number of likely N-dealkylation sites (tertiary alicyclic amines) is 1. The van der Waals surface area contributed by atoms with Crippen molar-refractivity contribution in [2.24, 2.45) is 5.92 Å². The van der Waals surface area contributed by atoms with Crippen LogP contribution in [0, 0.1) is 9.49 Å². The first-order chi connectivity index (χ1) is 9.65. The van der Waals surface area contributed by atoms with Gasteiger partial charge < -0.3 is 5.32 Å². The second-order valence-electron chi connectivity index (χ2n) is 6.30. The molecule has 0 amide bonds. The number of nitrogens with one attached hydrogen (secondary N) is 1. The molecule has 0 bridgehead atoms. The number of piperidine rings is 1. The maximum atomic E-state index is 3.64. The van der Waals surface area contributed by atoms with Gasteiger partial charge in [-0.3, -0.25) is 4.90 Å². The average Bonchev–Trinajstić information content (AvgIpc) is 2.43. The summed E-state index contributed by atoms with van der Waals surface area (Å²) >= 11 is 2.37. The molecule has 1 aromatic carbocycles. The van der Waals surface area contributed by atoms with Crippen LogP contribution in [0.15, 0.2) is 24.3 Å². The molecule has 3 heteroatoms. The summed E-state index contributed by atoms with van der Waals surface area (Å²) in [5.41, 5.74) is 1.45. The van der Waals surface area contributed by atoms with Crippen LogP contribution in [0.5, 0.6) is 0 Å². The molecule has 0 aliphatic carbocycles. The Labute approximate surface area is 137 Å². The van der Waals surface area contributed by atoms with Crippen LogP contribution in [-0.2, 0) is 6.54 Å². The summed E-state index contributed by atoms with van der Waals surface area (Å²) in [6.45, 7) is 9.18. The largest absolute Gasteiger partial charge is 0.315 e. The Kier molecular flexibility index (Phi) is 6.78. The molecule has 0 aromatic heterocycles. The molecule has 1 heterocycles. The molecule has 1 fully saturated rings. The van der Waals surface area contributed by atoms with Gasteiger partial charge in [-0.1, -0.05) is 32.4 Å². The van der Waals surface area contributed by atoms with E-state index in [1.165, 1.54) is 34.9 Å². The number of hydrogen-bond acceptors (Lipinski definition) is 2. The van der Waals surface area contributed by atoms with Crippen LogP contribution in [0.2, 0.25) is 0 Å². The van der Waals surface area contributed by atoms with Gasteiger partial charge in [-0.25, -0.2) is 0 Å². The molecule has 1 aliphatic rings. The second-order valence-corrected chi connectivity index (χ2v) is 7.54. The minimum Gasteiger partial charge on any atom is -0.315 e. The van der Waals surface area contributed by atoms with E-state index >= 15 is 0 Å². The van der Waals surface area contributed by atoms with Crippen LogP contribution in [0.1, 0.15) is 38.7 Å². The van der Waals surface area contributed by atoms with Gasteiger partial charge in [0.05, 0.1) is 0 Å². The lowest BCUT2D eigenvalue weighted by Crippen LogP contribution is -2.45. The van der Waals surface area contributed by atoms with Gasteiger partial charge in [0.1, 0.15) is 0 Å². The maximum Gasteiger partial charge on any atom is 0.0237 e. The van der Waals surface area contributed by atoms with E-state index in [-0.39, 0.29) is 0 Å². The van der Waals surface area contributed by atoms with Gasteiger partial charge in [0.25, 0.3) is 0 Å². The Morgan fingerprint density at radius 3 is 2.70 bits per heavy atom. The summed E-state index contributed by atoms with van der Waals surface area (Å²) in [6.07, 6.45) is 4.08. The lowest BCUT2D eigenvalue weighted by molar-refractivity contribution is 0.137. The van der Waals surface area contributed by atoms with Gasteiger partial charge in [0, 0.05) is 22.7 Å². The van der Waals surface area contributed by atoms with E-state index in [0.29, 0.717) is 6.04 Å². The van der Waals surface area contributed by atoms with Gasteiger partial charge in [0.15, 0.2) is 0 Å². The number of halogens is 1. The van der Waals surface area contributed by atoms with E-state index in [4.69, 9.17) is 0 Å². The SMILES string of the molecule is CC(C)CNCC1CCCCN1Cc1ccc(I)cc1. The number of benzene rings is 1. The fourth-order valence-corrected chi connectivity index (χ4v) is 3.22. The Morgan fingerprint density at radius 1 is 1.25 bits per heavy atom. The lowest BCUT2D eigenvalue weighted by atomic mass is 10.0. The molecule has 0 spiro atoms. The minimum atomic E-state index is 0.710. The first kappa shape index (κ1) is 16.2. The third-order valence-corrected chi connectivity index (χ3v) is 4.70. The standard InChI is InChI=1S/C17H27IN2/c1-14(2)11-19-12-17-5-3-4-10-20(17)13-15-6-8-16(18)9-7-15/h6-9,14,17,19H,3-5,10-13H2,1-2H3. The molecular formula is C17H27IN2. The van der Waals surface area contributed by atoms with Crippen molar-refractivity contribution in [1.29, 1.82) is 0 Å². The van der Waals surface area contributed by atoms with E-state index in [0.717, 1.165) is 25.6 Å². The van der Waals surface area contributed by atoms with Crippen LogP contribution in [0.25, 0.3) is 0 Å². The third-order valence-electron chi connectivity index (χ3n) is 3.98. The zero-order valence-corrected chi connectivity index (χ0v) is 14.9. The van der Waals surface area contributed by atoms with Crippen molar-refractivity contribution >= 4 is 22.6 Å². The monoisotopic (exact) mass is 386 g/mol. The summed E-state index contributed by atoms with van der Waals surface area (Å²) in [5, 5.41) is 3.64. The van der Waals surface area contributed by atoms with Crippen LogP contribution in [0.3, 0.4) is 0 Å². The molecule has 1 aromatic rings. The Morgan fingerprint density at radius 2 is 2.00 bits per heavy atom. The zero-order valence-electron chi connectivity index (χ0n) is 12.7. The Bertz CT molecular complexity index is 388. The highest BCUT2D eigenvalue weighted by Crippen LogP contribution is 2.19. The summed E-state index contributed by atoms with van der Waals surface area (Å²) in [7, 11) is 0. The van der Waals surface area contributed by atoms with E-state index in [1.54, 1.807) is 0 Å². The van der Waals surface area contributed by atoms with E-state index in [2.05, 4.69) is 70.9 Å². The molecule has 1 aliphatic heterocycles. The quantitative estimate of drug-likeness (QED) is 0.747. The molecule has 2 nitrogen and oxygen atoms in total. The van der Waals surface area contributed by atoms with Gasteiger partial charge in [-0.2, -0.15) is 0 Å². The second kappa shape index (κ2) is 8.35. The van der Waals surface area contributed by atoms with Crippen LogP contribution in [-0.4, -0.2) is 30.6 Å². The molecule has 1 saturated heterocycles. The normalized spacial score (nSPS) is 20.5. The van der Waals surface area contributed by atoms with E-state index in [1.807, 2.05) is 0 Å². The Hall–Kier alpha value is -0.130. The summed E-state index contributed by atoms with van der Waals surface area (Å²) in [5.74, 6) is 0.739. The lowest BCUT2D eigenvalue weighted by Gasteiger charge is -2.36. The number of hydrogen-bond donors (Lipinski definition) is 1. The van der Waals surface area contributed by atoms with Gasteiger partial charge in [-0.15, -0.1) is 0 Å². The van der Waals surface area contributed by atoms with Crippen molar-refractivity contribution in [3.8, 4) is 0 Å². The molecule has 1 atom stereocenters. The smallest absolute Gasteiger partial charge is 0.0237 e. The van der Waals surface area contributed by atoms with Crippen molar-refractivity contribution in [3.05, 3.63) is 33.4 Å². The number of nitrogens with zero attached hydrogens (tertiary/aromatic N) is 1. The van der Waals surface area contributed by atoms with Gasteiger partial charge >= 0.3 is 0 Å². The molecule has 112 valence electrons. The highest BCUT2D eigenvalue weighted by molar-refractivity contribution is 14.1. The van der Waals surface area contributed by atoms with Crippen molar-refractivity contribution in [3.63, 3.8) is 0 Å². The van der Waals surface area contributed by atoms with Crippen molar-refractivity contribution in [1.82, 2.24) is 10.2 Å². The third kappa shape index (κ3) is 5.34. The molecule has 1 unspecified atom stereocenters. The topological polar surface area (TPSA) is 15.3 Å². The fraction of sp³-hybridized carbons (Fsp3) is 0.647. The molecule has 2 rings (SSSR count). The summed E-state index contributed by atoms with van der Waals surface area (Å²) < 4.78 is 1.32. The van der Waals surface area contributed by atoms with Crippen LogP contribution < -0.4 is 5.32 Å². The highest BCUT2D eigenvalue weighted by atomic mass is 127. The summed E-state index contributed by atoms with van der Waals surface area (Å²) in [6, 6.07) is 9.68. The van der Waals surface area contributed by atoms with E-state index in [9.17, 15) is 0 Å². The van der Waals surface area contributed by atoms with Crippen molar-refractivity contribution in [2.45, 2.75) is 45.7 Å². The average molecular weight is 386 g/mol. The van der Waals surface area contributed by atoms with E-state index < -0.39 is 0 Å². The fourth-order valence-electron chi connectivity index (χ4n) is 2.86. The Balaban J connectivity index is 1.87. The summed E-state index contributed by atoms with van der Waals surface area (Å²) in [4.78, 5) is 2.67. The molecular weight excluding hydrogens is 359 g/mol. The molecule has 0 radical (unpaired) electrons. The zero-order chi connectivity index (χ0) is 14.4. The molecule has 0 saturated carbocycles. The first-order valence-electron chi connectivity index (χ1n) is 7.84. The van der Waals surface area contributed by atoms with Crippen molar-refractivity contribution in [2.75, 3.05) is 19.6 Å². The van der Waals surface area contributed by atoms with Crippen LogP contribution >= 0.6 is 22.6 Å². The minimum absolute atomic E-state index is 0.710. The van der Waals surface area contributed by atoms with Crippen LogP contribution in [0.4, 0.5) is 0 Å². The highest BCUT2D eigenvalue weighted by Gasteiger charge is 2.21. The van der Waals surface area contributed by atoms with Gasteiger partial charge in [-0.05, 0) is 72.1 Å². The molecule has 20 heavy (non-hydrogen) atoms. The van der Waals surface area contributed by atoms with Gasteiger partial charge in [0.2, 0.25) is 0 Å². The predicted molar refractivity (Wildman–Crippen MR) is 94.9 cm³/mol. The predicted octanol–water partition coefficient (Wildman–Crippen LogP) is 3.89. The number of rotatable bonds is 6. The molecule has 1 N–H and O–H groups in total.